The van der Waals surface area contributed by atoms with Crippen molar-refractivity contribution >= 4 is 27.4 Å². The second-order valence-corrected chi connectivity index (χ2v) is 3.70. The van der Waals surface area contributed by atoms with Crippen molar-refractivity contribution in [3.63, 3.8) is 0 Å². The van der Waals surface area contributed by atoms with E-state index < -0.39 is 5.97 Å². The number of nitrogens with zero attached hydrogens (tertiary/aromatic N) is 2. The van der Waals surface area contributed by atoms with Gasteiger partial charge >= 0.3 is 5.97 Å². The number of carboxylic acid groups (broad SMARTS) is 1. The molecule has 0 radical (unpaired) electrons. The van der Waals surface area contributed by atoms with Crippen LogP contribution in [0, 0.1) is 6.92 Å². The van der Waals surface area contributed by atoms with Crippen molar-refractivity contribution < 1.29 is 9.90 Å². The Morgan fingerprint density at radius 2 is 2.36 bits per heavy atom. The minimum atomic E-state index is -1.01. The number of halogens is 1. The number of pyridine rings is 1. The van der Waals surface area contributed by atoms with Crippen molar-refractivity contribution in [3.05, 3.63) is 34.3 Å². The van der Waals surface area contributed by atoms with E-state index in [1.165, 1.54) is 0 Å². The highest BCUT2D eigenvalue weighted by Gasteiger charge is 2.14. The summed E-state index contributed by atoms with van der Waals surface area (Å²) in [4.78, 5) is 14.8. The van der Waals surface area contributed by atoms with Gasteiger partial charge in [0.15, 0.2) is 10.4 Å². The Balaban J connectivity index is 2.85. The Morgan fingerprint density at radius 3 is 3.00 bits per heavy atom. The Hall–Kier alpha value is -1.36. The van der Waals surface area contributed by atoms with Crippen LogP contribution in [0.3, 0.4) is 0 Å². The number of carboxylic acids is 1. The van der Waals surface area contributed by atoms with Gasteiger partial charge < -0.3 is 5.11 Å². The molecule has 0 unspecified atom stereocenters. The molecule has 0 saturated carbocycles. The summed E-state index contributed by atoms with van der Waals surface area (Å²) in [5.74, 6) is -1.01. The van der Waals surface area contributed by atoms with E-state index in [0.29, 0.717) is 10.3 Å². The molecule has 1 N–H and O–H groups in total. The summed E-state index contributed by atoms with van der Waals surface area (Å²) in [6, 6.07) is 3.69. The van der Waals surface area contributed by atoms with E-state index in [4.69, 9.17) is 5.11 Å². The van der Waals surface area contributed by atoms with Crippen molar-refractivity contribution in [2.45, 2.75) is 6.92 Å². The first-order chi connectivity index (χ1) is 6.59. The summed E-state index contributed by atoms with van der Waals surface area (Å²) in [5, 5.41) is 8.89. The summed E-state index contributed by atoms with van der Waals surface area (Å²) in [6.45, 7) is 1.91. The fourth-order valence-corrected chi connectivity index (χ4v) is 1.80. The van der Waals surface area contributed by atoms with Crippen molar-refractivity contribution in [2.24, 2.45) is 0 Å². The SMILES string of the molecule is Cc1ccn2c(Br)nc(C(=O)O)c2c1. The predicted molar refractivity (Wildman–Crippen MR) is 54.6 cm³/mol. The van der Waals surface area contributed by atoms with Crippen LogP contribution in [0.1, 0.15) is 16.1 Å². The van der Waals surface area contributed by atoms with Gasteiger partial charge in [-0.05, 0) is 40.5 Å². The number of fused-ring (bicyclic) bond motifs is 1. The van der Waals surface area contributed by atoms with Crippen LogP contribution in [0.5, 0.6) is 0 Å². The monoisotopic (exact) mass is 254 g/mol. The number of aromatic carboxylic acids is 1. The van der Waals surface area contributed by atoms with E-state index in [1.54, 1.807) is 16.7 Å². The highest BCUT2D eigenvalue weighted by molar-refractivity contribution is 9.10. The van der Waals surface area contributed by atoms with Crippen LogP contribution in [0.25, 0.3) is 5.52 Å². The lowest BCUT2D eigenvalue weighted by molar-refractivity contribution is 0.0693. The zero-order valence-electron chi connectivity index (χ0n) is 7.36. The molecule has 0 amide bonds. The van der Waals surface area contributed by atoms with Crippen LogP contribution in [-0.2, 0) is 0 Å². The molecule has 4 nitrogen and oxygen atoms in total. The summed E-state index contributed by atoms with van der Waals surface area (Å²) in [5.41, 5.74) is 1.68. The number of carbonyl (C=O) groups is 1. The van der Waals surface area contributed by atoms with Crippen LogP contribution in [0.15, 0.2) is 23.1 Å². The molecule has 0 bridgehead atoms. The highest BCUT2D eigenvalue weighted by atomic mass is 79.9. The van der Waals surface area contributed by atoms with Gasteiger partial charge in [-0.3, -0.25) is 4.40 Å². The van der Waals surface area contributed by atoms with Crippen LogP contribution in [0.2, 0.25) is 0 Å². The van der Waals surface area contributed by atoms with Crippen LogP contribution < -0.4 is 0 Å². The molecule has 2 heterocycles. The van der Waals surface area contributed by atoms with Gasteiger partial charge in [0.05, 0.1) is 5.52 Å². The maximum absolute atomic E-state index is 10.8. The van der Waals surface area contributed by atoms with Crippen molar-refractivity contribution in [1.29, 1.82) is 0 Å². The molecule has 0 aliphatic heterocycles. The maximum atomic E-state index is 10.8. The van der Waals surface area contributed by atoms with E-state index in [9.17, 15) is 4.79 Å². The summed E-state index contributed by atoms with van der Waals surface area (Å²) in [6.07, 6.45) is 1.79. The van der Waals surface area contributed by atoms with Gasteiger partial charge in [0, 0.05) is 6.20 Å². The minimum Gasteiger partial charge on any atom is -0.476 e. The molecule has 14 heavy (non-hydrogen) atoms. The zero-order chi connectivity index (χ0) is 10.3. The van der Waals surface area contributed by atoms with Gasteiger partial charge in [-0.2, -0.15) is 0 Å². The zero-order valence-corrected chi connectivity index (χ0v) is 8.95. The van der Waals surface area contributed by atoms with Crippen molar-refractivity contribution in [2.75, 3.05) is 0 Å². The molecule has 2 rings (SSSR count). The summed E-state index contributed by atoms with van der Waals surface area (Å²) in [7, 11) is 0. The van der Waals surface area contributed by atoms with E-state index in [1.807, 2.05) is 13.0 Å². The Labute approximate surface area is 88.3 Å². The number of aromatic nitrogens is 2. The third-order valence-corrected chi connectivity index (χ3v) is 2.52. The minimum absolute atomic E-state index is 0.0700. The van der Waals surface area contributed by atoms with Gasteiger partial charge in [-0.1, -0.05) is 0 Å². The van der Waals surface area contributed by atoms with Gasteiger partial charge in [0.1, 0.15) is 0 Å². The molecule has 72 valence electrons. The number of imidazole rings is 1. The quantitative estimate of drug-likeness (QED) is 0.848. The average Bonchev–Trinajstić information content (AvgIpc) is 2.43. The van der Waals surface area contributed by atoms with Gasteiger partial charge in [0.2, 0.25) is 0 Å². The van der Waals surface area contributed by atoms with Gasteiger partial charge in [-0.15, -0.1) is 0 Å². The highest BCUT2D eigenvalue weighted by Crippen LogP contribution is 2.18. The molecule has 2 aromatic rings. The average molecular weight is 255 g/mol. The molecule has 0 aliphatic rings. The molecule has 2 aromatic heterocycles. The first-order valence-electron chi connectivity index (χ1n) is 3.97. The first kappa shape index (κ1) is 9.21. The van der Waals surface area contributed by atoms with E-state index in [0.717, 1.165) is 5.56 Å². The van der Waals surface area contributed by atoms with Crippen molar-refractivity contribution in [1.82, 2.24) is 9.38 Å². The summed E-state index contributed by atoms with van der Waals surface area (Å²) >= 11 is 3.20. The fraction of sp³-hybridized carbons (Fsp3) is 0.111. The molecule has 0 spiro atoms. The lowest BCUT2D eigenvalue weighted by atomic mass is 10.2. The first-order valence-corrected chi connectivity index (χ1v) is 4.76. The number of hydrogen-bond acceptors (Lipinski definition) is 2. The lowest BCUT2D eigenvalue weighted by Crippen LogP contribution is -1.97. The van der Waals surface area contributed by atoms with E-state index in [2.05, 4.69) is 20.9 Å². The van der Waals surface area contributed by atoms with Crippen LogP contribution in [0.4, 0.5) is 0 Å². The second-order valence-electron chi connectivity index (χ2n) is 2.99. The Bertz CT molecular complexity index is 519. The standard InChI is InChI=1S/C9H7BrN2O2/c1-5-2-3-12-6(4-5)7(8(13)14)11-9(12)10/h2-4H,1H3,(H,13,14). The fourth-order valence-electron chi connectivity index (χ4n) is 1.31. The van der Waals surface area contributed by atoms with Gasteiger partial charge in [0.25, 0.3) is 0 Å². The molecule has 0 saturated heterocycles. The third kappa shape index (κ3) is 1.29. The molecule has 0 aliphatic carbocycles. The third-order valence-electron chi connectivity index (χ3n) is 1.96. The Kier molecular flexibility index (Phi) is 2.03. The van der Waals surface area contributed by atoms with E-state index in [-0.39, 0.29) is 5.69 Å². The predicted octanol–water partition coefficient (Wildman–Crippen LogP) is 2.10. The Morgan fingerprint density at radius 1 is 1.64 bits per heavy atom. The molecule has 5 heteroatoms. The number of aryl methyl sites for hydroxylation is 1. The lowest BCUT2D eigenvalue weighted by Gasteiger charge is -1.96. The van der Waals surface area contributed by atoms with Crippen LogP contribution in [-0.4, -0.2) is 20.5 Å². The largest absolute Gasteiger partial charge is 0.476 e. The second kappa shape index (κ2) is 3.09. The molecular formula is C9H7BrN2O2. The maximum Gasteiger partial charge on any atom is 0.356 e. The number of hydrogen-bond donors (Lipinski definition) is 1. The van der Waals surface area contributed by atoms with Gasteiger partial charge in [-0.25, -0.2) is 9.78 Å². The molecule has 0 aromatic carbocycles. The van der Waals surface area contributed by atoms with Crippen molar-refractivity contribution in [3.8, 4) is 0 Å². The molecule has 0 atom stereocenters. The normalized spacial score (nSPS) is 10.7. The van der Waals surface area contributed by atoms with E-state index >= 15 is 0 Å². The number of rotatable bonds is 1. The molecular weight excluding hydrogens is 248 g/mol. The summed E-state index contributed by atoms with van der Waals surface area (Å²) < 4.78 is 2.20. The smallest absolute Gasteiger partial charge is 0.356 e. The van der Waals surface area contributed by atoms with Crippen LogP contribution >= 0.6 is 15.9 Å². The molecule has 0 fully saturated rings. The topological polar surface area (TPSA) is 54.6 Å².